The van der Waals surface area contributed by atoms with E-state index in [-0.39, 0.29) is 29.6 Å². The van der Waals surface area contributed by atoms with Gasteiger partial charge in [0.15, 0.2) is 5.78 Å². The summed E-state index contributed by atoms with van der Waals surface area (Å²) in [6, 6.07) is 5.38. The van der Waals surface area contributed by atoms with Crippen molar-refractivity contribution in [2.45, 2.75) is 26.4 Å². The molecular formula is C16H20N2O3. The van der Waals surface area contributed by atoms with Crippen molar-refractivity contribution in [1.82, 2.24) is 9.88 Å². The zero-order chi connectivity index (χ0) is 15.2. The van der Waals surface area contributed by atoms with E-state index in [1.807, 2.05) is 26.8 Å². The van der Waals surface area contributed by atoms with Crippen LogP contribution in [0, 0.1) is 17.8 Å². The number of ether oxygens (including phenoxy) is 1. The van der Waals surface area contributed by atoms with Crippen LogP contribution < -0.4 is 0 Å². The molecule has 1 saturated heterocycles. The van der Waals surface area contributed by atoms with Crippen LogP contribution in [0.5, 0.6) is 0 Å². The highest BCUT2D eigenvalue weighted by Gasteiger charge is 2.60. The van der Waals surface area contributed by atoms with E-state index in [1.54, 1.807) is 23.2 Å². The van der Waals surface area contributed by atoms with E-state index in [0.717, 1.165) is 0 Å². The van der Waals surface area contributed by atoms with Gasteiger partial charge in [-0.05, 0) is 44.7 Å². The van der Waals surface area contributed by atoms with E-state index >= 15 is 0 Å². The second kappa shape index (κ2) is 4.83. The van der Waals surface area contributed by atoms with Crippen LogP contribution in [0.2, 0.25) is 0 Å². The lowest BCUT2D eigenvalue weighted by molar-refractivity contribution is 0.0263. The van der Waals surface area contributed by atoms with Gasteiger partial charge in [0.1, 0.15) is 11.3 Å². The second-order valence-corrected chi connectivity index (χ2v) is 6.82. The van der Waals surface area contributed by atoms with Gasteiger partial charge >= 0.3 is 6.09 Å². The highest BCUT2D eigenvalue weighted by Crippen LogP contribution is 2.53. The summed E-state index contributed by atoms with van der Waals surface area (Å²) in [4.78, 5) is 30.1. The number of hydrogen-bond donors (Lipinski definition) is 0. The minimum Gasteiger partial charge on any atom is -0.444 e. The van der Waals surface area contributed by atoms with E-state index in [0.29, 0.717) is 18.8 Å². The number of Topliss-reactive ketones (excluding diaryl/α,β-unsaturated/α-hetero) is 1. The van der Waals surface area contributed by atoms with Crippen LogP contribution in [-0.2, 0) is 4.74 Å². The molecule has 5 nitrogen and oxygen atoms in total. The highest BCUT2D eigenvalue weighted by atomic mass is 16.6. The fourth-order valence-electron chi connectivity index (χ4n) is 3.07. The predicted octanol–water partition coefficient (Wildman–Crippen LogP) is 2.38. The standard InChI is InChI=1S/C16H20N2O3/c1-16(2,3)21-15(20)18-8-10-11(9-18)13(10)14(19)12-6-4-5-7-17-12/h4-7,10-11,13H,8-9H2,1-3H3. The maximum absolute atomic E-state index is 12.3. The predicted molar refractivity (Wildman–Crippen MR) is 76.8 cm³/mol. The largest absolute Gasteiger partial charge is 0.444 e. The fourth-order valence-corrected chi connectivity index (χ4v) is 3.07. The number of aromatic nitrogens is 1. The molecule has 2 fully saturated rings. The number of pyridine rings is 1. The first kappa shape index (κ1) is 14.0. The third-order valence-electron chi connectivity index (χ3n) is 4.07. The summed E-state index contributed by atoms with van der Waals surface area (Å²) in [5.41, 5.74) is 0.0493. The number of hydrogen-bond acceptors (Lipinski definition) is 4. The summed E-state index contributed by atoms with van der Waals surface area (Å²) < 4.78 is 5.36. The number of carbonyl (C=O) groups is 2. The molecule has 21 heavy (non-hydrogen) atoms. The Balaban J connectivity index is 1.57. The van der Waals surface area contributed by atoms with Crippen LogP contribution in [0.4, 0.5) is 4.79 Å². The highest BCUT2D eigenvalue weighted by molar-refractivity contribution is 5.98. The first-order chi connectivity index (χ1) is 9.87. The van der Waals surface area contributed by atoms with Gasteiger partial charge in [0.2, 0.25) is 0 Å². The third kappa shape index (κ3) is 2.77. The van der Waals surface area contributed by atoms with E-state index in [1.165, 1.54) is 0 Å². The first-order valence-electron chi connectivity index (χ1n) is 7.30. The summed E-state index contributed by atoms with van der Waals surface area (Å²) in [6.45, 7) is 6.80. The number of nitrogens with zero attached hydrogens (tertiary/aromatic N) is 2. The van der Waals surface area contributed by atoms with Crippen LogP contribution in [0.1, 0.15) is 31.3 Å². The minimum atomic E-state index is -0.479. The molecule has 112 valence electrons. The summed E-state index contributed by atoms with van der Waals surface area (Å²) >= 11 is 0. The number of fused-ring (bicyclic) bond motifs is 1. The van der Waals surface area contributed by atoms with Crippen molar-refractivity contribution in [3.63, 3.8) is 0 Å². The number of carbonyl (C=O) groups excluding carboxylic acids is 2. The third-order valence-corrected chi connectivity index (χ3v) is 4.07. The molecule has 0 spiro atoms. The van der Waals surface area contributed by atoms with Gasteiger partial charge in [0.05, 0.1) is 0 Å². The normalized spacial score (nSPS) is 27.2. The molecule has 2 unspecified atom stereocenters. The maximum atomic E-state index is 12.3. The van der Waals surface area contributed by atoms with Gasteiger partial charge in [-0.25, -0.2) is 4.79 Å². The molecule has 1 aliphatic carbocycles. The molecule has 0 aromatic carbocycles. The molecule has 2 aliphatic rings. The lowest BCUT2D eigenvalue weighted by atomic mass is 10.1. The summed E-state index contributed by atoms with van der Waals surface area (Å²) in [5.74, 6) is 0.673. The quantitative estimate of drug-likeness (QED) is 0.784. The van der Waals surface area contributed by atoms with Crippen molar-refractivity contribution in [1.29, 1.82) is 0 Å². The number of rotatable bonds is 2. The Kier molecular flexibility index (Phi) is 3.23. The second-order valence-electron chi connectivity index (χ2n) is 6.82. The molecule has 3 rings (SSSR count). The van der Waals surface area contributed by atoms with E-state index in [9.17, 15) is 9.59 Å². The first-order valence-corrected chi connectivity index (χ1v) is 7.30. The Hall–Kier alpha value is -1.91. The Morgan fingerprint density at radius 3 is 2.43 bits per heavy atom. The number of likely N-dealkylation sites (tertiary alicyclic amines) is 1. The van der Waals surface area contributed by atoms with Crippen LogP contribution in [0.25, 0.3) is 0 Å². The number of ketones is 1. The van der Waals surface area contributed by atoms with Crippen LogP contribution in [0.3, 0.4) is 0 Å². The summed E-state index contributed by atoms with van der Waals surface area (Å²) in [6.07, 6.45) is 1.36. The van der Waals surface area contributed by atoms with Crippen molar-refractivity contribution in [2.75, 3.05) is 13.1 Å². The number of amides is 1. The lowest BCUT2D eigenvalue weighted by Crippen LogP contribution is -2.37. The zero-order valence-electron chi connectivity index (χ0n) is 12.6. The van der Waals surface area contributed by atoms with Crippen molar-refractivity contribution >= 4 is 11.9 Å². The van der Waals surface area contributed by atoms with Crippen LogP contribution >= 0.6 is 0 Å². The smallest absolute Gasteiger partial charge is 0.410 e. The van der Waals surface area contributed by atoms with Crippen molar-refractivity contribution in [2.24, 2.45) is 17.8 Å². The Morgan fingerprint density at radius 1 is 1.24 bits per heavy atom. The SMILES string of the molecule is CC(C)(C)OC(=O)N1CC2C(C1)C2C(=O)c1ccccn1. The van der Waals surface area contributed by atoms with Gasteiger partial charge in [-0.3, -0.25) is 9.78 Å². The Morgan fingerprint density at radius 2 is 1.90 bits per heavy atom. The fraction of sp³-hybridized carbons (Fsp3) is 0.562. The summed E-state index contributed by atoms with van der Waals surface area (Å²) in [5, 5.41) is 0. The van der Waals surface area contributed by atoms with Gasteiger partial charge in [0.25, 0.3) is 0 Å². The van der Waals surface area contributed by atoms with Gasteiger partial charge < -0.3 is 9.64 Å². The van der Waals surface area contributed by atoms with Gasteiger partial charge in [-0.2, -0.15) is 0 Å². The molecule has 0 bridgehead atoms. The molecule has 1 aromatic rings. The molecule has 1 amide bonds. The van der Waals surface area contributed by atoms with E-state index in [2.05, 4.69) is 4.98 Å². The molecule has 2 atom stereocenters. The maximum Gasteiger partial charge on any atom is 0.410 e. The number of piperidine rings is 1. The van der Waals surface area contributed by atoms with Crippen molar-refractivity contribution < 1.29 is 14.3 Å². The lowest BCUT2D eigenvalue weighted by Gasteiger charge is -2.25. The monoisotopic (exact) mass is 288 g/mol. The Labute approximate surface area is 124 Å². The molecular weight excluding hydrogens is 268 g/mol. The van der Waals surface area contributed by atoms with E-state index < -0.39 is 5.60 Å². The zero-order valence-corrected chi connectivity index (χ0v) is 12.6. The molecule has 1 aromatic heterocycles. The van der Waals surface area contributed by atoms with Crippen molar-refractivity contribution in [3.8, 4) is 0 Å². The summed E-state index contributed by atoms with van der Waals surface area (Å²) in [7, 11) is 0. The van der Waals surface area contributed by atoms with Crippen LogP contribution in [0.15, 0.2) is 24.4 Å². The van der Waals surface area contributed by atoms with E-state index in [4.69, 9.17) is 4.74 Å². The van der Waals surface area contributed by atoms with Crippen molar-refractivity contribution in [3.05, 3.63) is 30.1 Å². The van der Waals surface area contributed by atoms with Crippen LogP contribution in [-0.4, -0.2) is 40.5 Å². The average Bonchev–Trinajstić information content (AvgIpc) is 2.90. The Bertz CT molecular complexity index is 553. The molecule has 1 aliphatic heterocycles. The molecule has 1 saturated carbocycles. The van der Waals surface area contributed by atoms with Gasteiger partial charge in [0, 0.05) is 25.2 Å². The minimum absolute atomic E-state index is 0.0265. The molecule has 0 N–H and O–H groups in total. The van der Waals surface area contributed by atoms with Gasteiger partial charge in [-0.1, -0.05) is 6.07 Å². The topological polar surface area (TPSA) is 59.5 Å². The van der Waals surface area contributed by atoms with Gasteiger partial charge in [-0.15, -0.1) is 0 Å². The molecule has 0 radical (unpaired) electrons. The average molecular weight is 288 g/mol. The molecule has 5 heteroatoms. The molecule has 2 heterocycles.